The van der Waals surface area contributed by atoms with E-state index in [2.05, 4.69) is 0 Å². The summed E-state index contributed by atoms with van der Waals surface area (Å²) in [4.78, 5) is 13.9. The van der Waals surface area contributed by atoms with Crippen molar-refractivity contribution >= 4 is 23.4 Å². The Kier molecular flexibility index (Phi) is 3.49. The van der Waals surface area contributed by atoms with Crippen molar-refractivity contribution in [3.63, 3.8) is 0 Å². The van der Waals surface area contributed by atoms with Crippen molar-refractivity contribution in [2.45, 2.75) is 12.3 Å². The van der Waals surface area contributed by atoms with Gasteiger partial charge < -0.3 is 0 Å². The Morgan fingerprint density at radius 1 is 1.10 bits per heavy atom. The molecule has 0 saturated carbocycles. The highest BCUT2D eigenvalue weighted by atomic mass is 32.2. The lowest BCUT2D eigenvalue weighted by atomic mass is 10.1. The number of benzene rings is 2. The van der Waals surface area contributed by atoms with Crippen LogP contribution in [0.1, 0.15) is 16.5 Å². The van der Waals surface area contributed by atoms with Crippen LogP contribution in [-0.4, -0.2) is 11.7 Å². The number of rotatable bonds is 2. The number of thioether (sulfide) groups is 1. The van der Waals surface area contributed by atoms with Crippen molar-refractivity contribution in [3.05, 3.63) is 65.5 Å². The molecule has 2 aromatic carbocycles. The van der Waals surface area contributed by atoms with Crippen LogP contribution >= 0.6 is 11.8 Å². The first kappa shape index (κ1) is 13.2. The zero-order valence-corrected chi connectivity index (χ0v) is 11.9. The van der Waals surface area contributed by atoms with Gasteiger partial charge in [-0.3, -0.25) is 9.69 Å². The van der Waals surface area contributed by atoms with E-state index in [0.29, 0.717) is 5.75 Å². The number of nitrogens with zero attached hydrogens (tertiary/aromatic N) is 1. The van der Waals surface area contributed by atoms with E-state index in [1.807, 2.05) is 31.2 Å². The summed E-state index contributed by atoms with van der Waals surface area (Å²) in [5.41, 5.74) is 3.03. The van der Waals surface area contributed by atoms with Gasteiger partial charge in [0.15, 0.2) is 0 Å². The third kappa shape index (κ3) is 2.43. The van der Waals surface area contributed by atoms with Crippen molar-refractivity contribution in [2.75, 3.05) is 10.7 Å². The van der Waals surface area contributed by atoms with E-state index >= 15 is 0 Å². The minimum atomic E-state index is -0.292. The molecule has 1 amide bonds. The van der Waals surface area contributed by atoms with Crippen LogP contribution in [0.25, 0.3) is 0 Å². The predicted molar refractivity (Wildman–Crippen MR) is 80.3 cm³/mol. The quantitative estimate of drug-likeness (QED) is 0.834. The molecule has 1 saturated heterocycles. The average molecular weight is 287 g/mol. The average Bonchev–Trinajstić information content (AvgIpc) is 2.83. The molecule has 0 aromatic heterocycles. The molecule has 2 aromatic rings. The smallest absolute Gasteiger partial charge is 0.238 e. The molecule has 3 rings (SSSR count). The SMILES string of the molecule is Cc1ccc([C@H]2SCC(=O)N2c2ccc(F)cc2)cc1. The van der Waals surface area contributed by atoms with E-state index < -0.39 is 0 Å². The van der Waals surface area contributed by atoms with Crippen molar-refractivity contribution in [1.29, 1.82) is 0 Å². The molecule has 0 N–H and O–H groups in total. The molecule has 20 heavy (non-hydrogen) atoms. The number of amides is 1. The topological polar surface area (TPSA) is 20.3 Å². The third-order valence-corrected chi connectivity index (χ3v) is 4.55. The Balaban J connectivity index is 1.96. The second-order valence-corrected chi connectivity index (χ2v) is 5.88. The number of carbonyl (C=O) groups excluding carboxylic acids is 1. The highest BCUT2D eigenvalue weighted by molar-refractivity contribution is 8.00. The first-order valence-corrected chi connectivity index (χ1v) is 7.46. The van der Waals surface area contributed by atoms with Gasteiger partial charge in [0.1, 0.15) is 11.2 Å². The predicted octanol–water partition coefficient (Wildman–Crippen LogP) is 3.91. The summed E-state index contributed by atoms with van der Waals surface area (Å²) in [6.45, 7) is 2.04. The fourth-order valence-corrected chi connectivity index (χ4v) is 3.46. The third-order valence-electron chi connectivity index (χ3n) is 3.34. The summed E-state index contributed by atoms with van der Waals surface area (Å²) >= 11 is 1.60. The lowest BCUT2D eigenvalue weighted by molar-refractivity contribution is -0.115. The molecule has 1 aliphatic heterocycles. The van der Waals surface area contributed by atoms with E-state index in [1.165, 1.54) is 17.7 Å². The Morgan fingerprint density at radius 2 is 1.75 bits per heavy atom. The minimum Gasteiger partial charge on any atom is -0.295 e. The van der Waals surface area contributed by atoms with Crippen LogP contribution in [-0.2, 0) is 4.79 Å². The molecular weight excluding hydrogens is 273 g/mol. The van der Waals surface area contributed by atoms with Gasteiger partial charge in [-0.1, -0.05) is 29.8 Å². The van der Waals surface area contributed by atoms with Crippen molar-refractivity contribution in [3.8, 4) is 0 Å². The summed E-state index contributed by atoms with van der Waals surface area (Å²) in [7, 11) is 0. The fraction of sp³-hybridized carbons (Fsp3) is 0.188. The van der Waals surface area contributed by atoms with E-state index in [0.717, 1.165) is 11.3 Å². The van der Waals surface area contributed by atoms with E-state index in [9.17, 15) is 9.18 Å². The molecule has 0 bridgehead atoms. The van der Waals surface area contributed by atoms with Crippen LogP contribution in [0.3, 0.4) is 0 Å². The molecule has 102 valence electrons. The Bertz CT molecular complexity index is 624. The van der Waals surface area contributed by atoms with Crippen LogP contribution in [0.4, 0.5) is 10.1 Å². The van der Waals surface area contributed by atoms with Crippen LogP contribution in [0.5, 0.6) is 0 Å². The molecule has 1 heterocycles. The molecule has 0 spiro atoms. The molecule has 0 radical (unpaired) electrons. The Labute approximate surface area is 121 Å². The lowest BCUT2D eigenvalue weighted by Crippen LogP contribution is -2.27. The van der Waals surface area contributed by atoms with Gasteiger partial charge >= 0.3 is 0 Å². The molecular formula is C16H14FNOS. The number of carbonyl (C=O) groups is 1. The summed E-state index contributed by atoms with van der Waals surface area (Å²) in [6, 6.07) is 14.3. The number of anilines is 1. The van der Waals surface area contributed by atoms with Crippen LogP contribution in [0.15, 0.2) is 48.5 Å². The Hall–Kier alpha value is -1.81. The largest absolute Gasteiger partial charge is 0.295 e. The summed E-state index contributed by atoms with van der Waals surface area (Å²) in [5, 5.41) is -0.0337. The van der Waals surface area contributed by atoms with Crippen LogP contribution in [0.2, 0.25) is 0 Å². The normalized spacial score (nSPS) is 18.6. The highest BCUT2D eigenvalue weighted by Crippen LogP contribution is 2.41. The molecule has 1 fully saturated rings. The maximum atomic E-state index is 13.0. The van der Waals surface area contributed by atoms with Gasteiger partial charge in [-0.25, -0.2) is 4.39 Å². The van der Waals surface area contributed by atoms with E-state index in [1.54, 1.807) is 28.8 Å². The van der Waals surface area contributed by atoms with E-state index in [4.69, 9.17) is 0 Å². The molecule has 0 unspecified atom stereocenters. The zero-order chi connectivity index (χ0) is 14.1. The number of halogens is 1. The van der Waals surface area contributed by atoms with Gasteiger partial charge in [0.2, 0.25) is 5.91 Å². The van der Waals surface area contributed by atoms with Crippen LogP contribution < -0.4 is 4.90 Å². The maximum absolute atomic E-state index is 13.0. The van der Waals surface area contributed by atoms with Gasteiger partial charge in [-0.05, 0) is 36.8 Å². The molecule has 2 nitrogen and oxygen atoms in total. The number of hydrogen-bond donors (Lipinski definition) is 0. The van der Waals surface area contributed by atoms with Crippen molar-refractivity contribution in [1.82, 2.24) is 0 Å². The maximum Gasteiger partial charge on any atom is 0.238 e. The highest BCUT2D eigenvalue weighted by Gasteiger charge is 2.33. The monoisotopic (exact) mass is 287 g/mol. The van der Waals surface area contributed by atoms with E-state index in [-0.39, 0.29) is 17.1 Å². The zero-order valence-electron chi connectivity index (χ0n) is 11.0. The van der Waals surface area contributed by atoms with Crippen molar-refractivity contribution < 1.29 is 9.18 Å². The van der Waals surface area contributed by atoms with Gasteiger partial charge in [-0.2, -0.15) is 0 Å². The molecule has 4 heteroatoms. The van der Waals surface area contributed by atoms with Crippen LogP contribution in [0, 0.1) is 12.7 Å². The standard InChI is InChI=1S/C16H14FNOS/c1-11-2-4-12(5-3-11)16-18(15(19)10-20-16)14-8-6-13(17)7-9-14/h2-9,16H,10H2,1H3/t16-/m1/s1. The summed E-state index contributed by atoms with van der Waals surface area (Å²) in [6.07, 6.45) is 0. The van der Waals surface area contributed by atoms with Gasteiger partial charge in [0.05, 0.1) is 5.75 Å². The second kappa shape index (κ2) is 5.29. The van der Waals surface area contributed by atoms with Gasteiger partial charge in [-0.15, -0.1) is 11.8 Å². The van der Waals surface area contributed by atoms with Gasteiger partial charge in [0, 0.05) is 5.69 Å². The Morgan fingerprint density at radius 3 is 2.40 bits per heavy atom. The van der Waals surface area contributed by atoms with Crippen molar-refractivity contribution in [2.24, 2.45) is 0 Å². The number of hydrogen-bond acceptors (Lipinski definition) is 2. The first-order valence-electron chi connectivity index (χ1n) is 6.41. The first-order chi connectivity index (χ1) is 9.65. The second-order valence-electron chi connectivity index (χ2n) is 4.81. The summed E-state index contributed by atoms with van der Waals surface area (Å²) < 4.78 is 13.0. The summed E-state index contributed by atoms with van der Waals surface area (Å²) in [5.74, 6) is 0.225. The number of aryl methyl sites for hydroxylation is 1. The minimum absolute atomic E-state index is 0.0337. The molecule has 1 aliphatic rings. The fourth-order valence-electron chi connectivity index (χ4n) is 2.28. The lowest BCUT2D eigenvalue weighted by Gasteiger charge is -2.24. The van der Waals surface area contributed by atoms with Gasteiger partial charge in [0.25, 0.3) is 0 Å². The molecule has 1 atom stereocenters. The molecule has 0 aliphatic carbocycles.